The highest BCUT2D eigenvalue weighted by Crippen LogP contribution is 2.19. The van der Waals surface area contributed by atoms with Crippen molar-refractivity contribution in [2.75, 3.05) is 5.73 Å². The highest BCUT2D eigenvalue weighted by atomic mass is 15.3. The molecule has 0 fully saturated rings. The van der Waals surface area contributed by atoms with Crippen LogP contribution in [-0.4, -0.2) is 9.78 Å². The summed E-state index contributed by atoms with van der Waals surface area (Å²) < 4.78 is 1.80. The largest absolute Gasteiger partial charge is 0.384 e. The van der Waals surface area contributed by atoms with E-state index in [-0.39, 0.29) is 0 Å². The Labute approximate surface area is 86.3 Å². The van der Waals surface area contributed by atoms with Crippen molar-refractivity contribution in [1.29, 1.82) is 0 Å². The Bertz CT molecular complexity index is 289. The molecular weight excluding hydrogens is 174 g/mol. The lowest BCUT2D eigenvalue weighted by molar-refractivity contribution is 0.715. The predicted molar refractivity (Wildman–Crippen MR) is 60.2 cm³/mol. The van der Waals surface area contributed by atoms with Gasteiger partial charge in [0.05, 0.1) is 5.69 Å². The summed E-state index contributed by atoms with van der Waals surface area (Å²) >= 11 is 0. The van der Waals surface area contributed by atoms with Crippen molar-refractivity contribution in [2.45, 2.75) is 46.0 Å². The van der Waals surface area contributed by atoms with Crippen LogP contribution < -0.4 is 5.73 Å². The van der Waals surface area contributed by atoms with E-state index in [1.165, 1.54) is 24.1 Å². The summed E-state index contributed by atoms with van der Waals surface area (Å²) in [6.45, 7) is 4.38. The Morgan fingerprint density at radius 1 is 1.21 bits per heavy atom. The molecule has 80 valence electrons. The van der Waals surface area contributed by atoms with Crippen molar-refractivity contribution in [3.63, 3.8) is 0 Å². The lowest BCUT2D eigenvalue weighted by atomic mass is 10.1. The van der Waals surface area contributed by atoms with Crippen LogP contribution in [-0.2, 0) is 19.9 Å². The van der Waals surface area contributed by atoms with E-state index in [9.17, 15) is 0 Å². The highest BCUT2D eigenvalue weighted by Gasteiger charge is 2.11. The zero-order chi connectivity index (χ0) is 10.6. The zero-order valence-corrected chi connectivity index (χ0v) is 9.51. The maximum atomic E-state index is 5.96. The fraction of sp³-hybridized carbons (Fsp3) is 0.727. The Morgan fingerprint density at radius 2 is 1.93 bits per heavy atom. The van der Waals surface area contributed by atoms with E-state index in [1.807, 2.05) is 7.05 Å². The minimum absolute atomic E-state index is 0.845. The third-order valence-electron chi connectivity index (χ3n) is 2.54. The SMILES string of the molecule is CCCCc1nn(C)c(N)c1CCC. The van der Waals surface area contributed by atoms with Crippen LogP contribution in [0.2, 0.25) is 0 Å². The molecular formula is C11H21N3. The lowest BCUT2D eigenvalue weighted by Gasteiger charge is -2.00. The van der Waals surface area contributed by atoms with Gasteiger partial charge in [0, 0.05) is 12.6 Å². The fourth-order valence-electron chi connectivity index (χ4n) is 1.71. The number of rotatable bonds is 5. The Morgan fingerprint density at radius 3 is 2.50 bits per heavy atom. The van der Waals surface area contributed by atoms with Crippen LogP contribution in [0.15, 0.2) is 0 Å². The molecule has 0 saturated heterocycles. The molecule has 0 radical (unpaired) electrons. The minimum Gasteiger partial charge on any atom is -0.384 e. The van der Waals surface area contributed by atoms with E-state index in [1.54, 1.807) is 4.68 Å². The number of nitrogens with two attached hydrogens (primary N) is 1. The molecule has 0 aromatic carbocycles. The van der Waals surface area contributed by atoms with E-state index in [4.69, 9.17) is 5.73 Å². The molecule has 0 spiro atoms. The molecule has 14 heavy (non-hydrogen) atoms. The molecule has 0 bridgehead atoms. The van der Waals surface area contributed by atoms with Gasteiger partial charge in [0.2, 0.25) is 0 Å². The number of nitrogens with zero attached hydrogens (tertiary/aromatic N) is 2. The summed E-state index contributed by atoms with van der Waals surface area (Å²) in [6, 6.07) is 0. The minimum atomic E-state index is 0.845. The summed E-state index contributed by atoms with van der Waals surface area (Å²) in [6.07, 6.45) is 5.67. The summed E-state index contributed by atoms with van der Waals surface area (Å²) in [5, 5.41) is 4.46. The molecule has 1 aromatic heterocycles. The molecule has 0 aliphatic heterocycles. The zero-order valence-electron chi connectivity index (χ0n) is 9.51. The van der Waals surface area contributed by atoms with Gasteiger partial charge in [-0.05, 0) is 19.3 Å². The van der Waals surface area contributed by atoms with Crippen LogP contribution >= 0.6 is 0 Å². The van der Waals surface area contributed by atoms with Crippen molar-refractivity contribution in [3.8, 4) is 0 Å². The smallest absolute Gasteiger partial charge is 0.124 e. The molecule has 0 unspecified atom stereocenters. The van der Waals surface area contributed by atoms with Gasteiger partial charge in [-0.2, -0.15) is 5.10 Å². The Hall–Kier alpha value is -0.990. The topological polar surface area (TPSA) is 43.8 Å². The summed E-state index contributed by atoms with van der Waals surface area (Å²) in [5.74, 6) is 0.845. The number of nitrogen functional groups attached to an aromatic ring is 1. The number of anilines is 1. The molecule has 0 aliphatic rings. The van der Waals surface area contributed by atoms with Gasteiger partial charge >= 0.3 is 0 Å². The first-order valence-corrected chi connectivity index (χ1v) is 5.50. The molecule has 1 aromatic rings. The van der Waals surface area contributed by atoms with Crippen LogP contribution in [0.4, 0.5) is 5.82 Å². The van der Waals surface area contributed by atoms with E-state index in [0.717, 1.165) is 25.1 Å². The van der Waals surface area contributed by atoms with Crippen molar-refractivity contribution >= 4 is 5.82 Å². The van der Waals surface area contributed by atoms with Crippen molar-refractivity contribution in [1.82, 2.24) is 9.78 Å². The molecule has 1 rings (SSSR count). The number of hydrogen-bond acceptors (Lipinski definition) is 2. The maximum absolute atomic E-state index is 5.96. The molecule has 2 N–H and O–H groups in total. The van der Waals surface area contributed by atoms with Crippen LogP contribution in [0.25, 0.3) is 0 Å². The van der Waals surface area contributed by atoms with Crippen molar-refractivity contribution < 1.29 is 0 Å². The molecule has 3 nitrogen and oxygen atoms in total. The first-order valence-electron chi connectivity index (χ1n) is 5.50. The third kappa shape index (κ3) is 2.28. The number of aryl methyl sites for hydroxylation is 2. The number of aromatic nitrogens is 2. The van der Waals surface area contributed by atoms with E-state index in [2.05, 4.69) is 18.9 Å². The molecule has 0 amide bonds. The van der Waals surface area contributed by atoms with Gasteiger partial charge < -0.3 is 5.73 Å². The van der Waals surface area contributed by atoms with Crippen LogP contribution in [0, 0.1) is 0 Å². The van der Waals surface area contributed by atoms with Gasteiger partial charge in [0.1, 0.15) is 5.82 Å². The molecule has 0 atom stereocenters. The standard InChI is InChI=1S/C11H21N3/c1-4-6-8-10-9(7-5-2)11(12)14(3)13-10/h4-8,12H2,1-3H3. The predicted octanol–water partition coefficient (Wildman–Crippen LogP) is 2.30. The van der Waals surface area contributed by atoms with Gasteiger partial charge in [-0.15, -0.1) is 0 Å². The maximum Gasteiger partial charge on any atom is 0.124 e. The molecule has 0 aliphatic carbocycles. The van der Waals surface area contributed by atoms with E-state index >= 15 is 0 Å². The van der Waals surface area contributed by atoms with Gasteiger partial charge in [0.25, 0.3) is 0 Å². The summed E-state index contributed by atoms with van der Waals surface area (Å²) in [5.41, 5.74) is 8.43. The molecule has 3 heteroatoms. The fourth-order valence-corrected chi connectivity index (χ4v) is 1.71. The van der Waals surface area contributed by atoms with Gasteiger partial charge in [-0.25, -0.2) is 0 Å². The van der Waals surface area contributed by atoms with Gasteiger partial charge in [0.15, 0.2) is 0 Å². The van der Waals surface area contributed by atoms with E-state index in [0.29, 0.717) is 0 Å². The summed E-state index contributed by atoms with van der Waals surface area (Å²) in [7, 11) is 1.92. The number of unbranched alkanes of at least 4 members (excludes halogenated alkanes) is 1. The second-order valence-corrected chi connectivity index (χ2v) is 3.79. The van der Waals surface area contributed by atoms with Crippen LogP contribution in [0.3, 0.4) is 0 Å². The monoisotopic (exact) mass is 195 g/mol. The molecule has 0 saturated carbocycles. The highest BCUT2D eigenvalue weighted by molar-refractivity contribution is 5.43. The quantitative estimate of drug-likeness (QED) is 0.783. The average Bonchev–Trinajstić information content (AvgIpc) is 2.43. The first kappa shape index (κ1) is 11.1. The van der Waals surface area contributed by atoms with E-state index < -0.39 is 0 Å². The normalized spacial score (nSPS) is 10.8. The molecule has 1 heterocycles. The van der Waals surface area contributed by atoms with Crippen molar-refractivity contribution in [2.24, 2.45) is 7.05 Å². The second kappa shape index (κ2) is 5.03. The number of hydrogen-bond donors (Lipinski definition) is 1. The Kier molecular flexibility index (Phi) is 3.98. The average molecular weight is 195 g/mol. The lowest BCUT2D eigenvalue weighted by Crippen LogP contribution is -1.99. The van der Waals surface area contributed by atoms with Gasteiger partial charge in [-0.3, -0.25) is 4.68 Å². The van der Waals surface area contributed by atoms with Crippen LogP contribution in [0.5, 0.6) is 0 Å². The third-order valence-corrected chi connectivity index (χ3v) is 2.54. The second-order valence-electron chi connectivity index (χ2n) is 3.79. The Balaban J connectivity index is 2.84. The summed E-state index contributed by atoms with van der Waals surface area (Å²) in [4.78, 5) is 0. The van der Waals surface area contributed by atoms with Crippen LogP contribution in [0.1, 0.15) is 44.4 Å². The van der Waals surface area contributed by atoms with Crippen molar-refractivity contribution in [3.05, 3.63) is 11.3 Å². The van der Waals surface area contributed by atoms with Gasteiger partial charge in [-0.1, -0.05) is 26.7 Å². The first-order chi connectivity index (χ1) is 6.70.